The predicted molar refractivity (Wildman–Crippen MR) is 194 cm³/mol. The fourth-order valence-corrected chi connectivity index (χ4v) is 8.18. The first-order chi connectivity index (χ1) is 24.7. The summed E-state index contributed by atoms with van der Waals surface area (Å²) in [4.78, 5) is 61.7. The van der Waals surface area contributed by atoms with E-state index in [2.05, 4.69) is 13.2 Å². The molecule has 3 heterocycles. The van der Waals surface area contributed by atoms with Gasteiger partial charge in [0.1, 0.15) is 17.7 Å². The molecule has 2 aromatic rings. The van der Waals surface area contributed by atoms with Gasteiger partial charge in [-0.3, -0.25) is 19.2 Å². The maximum Gasteiger partial charge on any atom is 0.313 e. The third-order valence-electron chi connectivity index (χ3n) is 10.9. The van der Waals surface area contributed by atoms with Gasteiger partial charge in [0.15, 0.2) is 0 Å². The number of likely N-dealkylation sites (N-methyl/N-ethyl adjacent to an activating group) is 1. The summed E-state index contributed by atoms with van der Waals surface area (Å²) in [6, 6.07) is 17.6. The van der Waals surface area contributed by atoms with Gasteiger partial charge in [0, 0.05) is 39.7 Å². The third kappa shape index (κ3) is 7.97. The highest BCUT2D eigenvalue weighted by atomic mass is 16.6. The van der Waals surface area contributed by atoms with Crippen LogP contribution in [-0.2, 0) is 35.2 Å². The van der Waals surface area contributed by atoms with E-state index in [-0.39, 0.29) is 37.3 Å². The lowest BCUT2D eigenvalue weighted by Crippen LogP contribution is -2.56. The molecular formula is C41H53N3O7. The Bertz CT molecular complexity index is 1530. The molecule has 0 radical (unpaired) electrons. The normalized spacial score (nSPS) is 24.5. The van der Waals surface area contributed by atoms with E-state index in [1.165, 1.54) is 0 Å². The maximum absolute atomic E-state index is 14.7. The first kappa shape index (κ1) is 38.0. The minimum Gasteiger partial charge on any atom is -0.455 e. The van der Waals surface area contributed by atoms with Crippen molar-refractivity contribution in [2.75, 3.05) is 26.7 Å². The maximum atomic E-state index is 14.7. The van der Waals surface area contributed by atoms with E-state index in [1.54, 1.807) is 33.9 Å². The van der Waals surface area contributed by atoms with Crippen LogP contribution in [-0.4, -0.2) is 94.0 Å². The molecule has 2 bridgehead atoms. The lowest BCUT2D eigenvalue weighted by Gasteiger charge is -2.37. The van der Waals surface area contributed by atoms with Crippen molar-refractivity contribution in [3.8, 4) is 0 Å². The molecule has 1 spiro atoms. The van der Waals surface area contributed by atoms with Crippen LogP contribution in [0.3, 0.4) is 0 Å². The molecule has 1 N–H and O–H groups in total. The average molecular weight is 700 g/mol. The Morgan fingerprint density at radius 2 is 1.73 bits per heavy atom. The zero-order chi connectivity index (χ0) is 36.5. The summed E-state index contributed by atoms with van der Waals surface area (Å²) in [6.45, 7) is 10.5. The number of allylic oxidation sites excluding steroid dienone is 1. The first-order valence-electron chi connectivity index (χ1n) is 18.3. The Hall–Kier alpha value is -4.28. The van der Waals surface area contributed by atoms with Crippen molar-refractivity contribution in [1.82, 2.24) is 14.7 Å². The van der Waals surface area contributed by atoms with Gasteiger partial charge in [-0.05, 0) is 50.2 Å². The van der Waals surface area contributed by atoms with E-state index in [1.807, 2.05) is 67.6 Å². The van der Waals surface area contributed by atoms with Crippen LogP contribution >= 0.6 is 0 Å². The van der Waals surface area contributed by atoms with Gasteiger partial charge >= 0.3 is 5.97 Å². The number of likely N-dealkylation sites (tertiary alicyclic amines) is 1. The summed E-state index contributed by atoms with van der Waals surface area (Å²) in [7, 11) is 1.70. The molecule has 0 aromatic heterocycles. The number of nitrogens with zero attached hydrogens (tertiary/aromatic N) is 3. The Morgan fingerprint density at radius 1 is 1.04 bits per heavy atom. The highest BCUT2D eigenvalue weighted by Gasteiger charge is 2.75. The van der Waals surface area contributed by atoms with Crippen molar-refractivity contribution in [3.05, 3.63) is 97.1 Å². The minimum absolute atomic E-state index is 0.0943. The van der Waals surface area contributed by atoms with E-state index >= 15 is 0 Å². The number of fused-ring (bicyclic) bond motifs is 1. The summed E-state index contributed by atoms with van der Waals surface area (Å²) >= 11 is 0. The van der Waals surface area contributed by atoms with Crippen LogP contribution in [0.2, 0.25) is 0 Å². The number of rotatable bonds is 19. The summed E-state index contributed by atoms with van der Waals surface area (Å²) in [6.07, 6.45) is 6.73. The quantitative estimate of drug-likeness (QED) is 0.121. The van der Waals surface area contributed by atoms with Crippen molar-refractivity contribution in [3.63, 3.8) is 0 Å². The van der Waals surface area contributed by atoms with Crippen molar-refractivity contribution in [2.24, 2.45) is 11.8 Å². The lowest BCUT2D eigenvalue weighted by atomic mass is 9.70. The molecule has 3 saturated heterocycles. The lowest BCUT2D eigenvalue weighted by molar-refractivity contribution is -0.164. The van der Waals surface area contributed by atoms with Gasteiger partial charge in [-0.25, -0.2) is 0 Å². The summed E-state index contributed by atoms with van der Waals surface area (Å²) < 4.78 is 13.1. The van der Waals surface area contributed by atoms with Crippen LogP contribution in [0.15, 0.2) is 86.0 Å². The second-order valence-electron chi connectivity index (χ2n) is 14.1. The number of benzene rings is 2. The molecule has 3 aliphatic rings. The second kappa shape index (κ2) is 17.3. The second-order valence-corrected chi connectivity index (χ2v) is 14.1. The average Bonchev–Trinajstić information content (AvgIpc) is 3.79. The predicted octanol–water partition coefficient (Wildman–Crippen LogP) is 5.23. The Morgan fingerprint density at radius 3 is 2.39 bits per heavy atom. The molecule has 2 aromatic carbocycles. The fourth-order valence-electron chi connectivity index (χ4n) is 8.18. The molecule has 7 atom stereocenters. The minimum atomic E-state index is -1.17. The fraction of sp³-hybridized carbons (Fsp3) is 0.512. The van der Waals surface area contributed by atoms with Crippen LogP contribution < -0.4 is 0 Å². The van der Waals surface area contributed by atoms with Crippen LogP contribution in [0, 0.1) is 11.8 Å². The molecule has 3 fully saturated rings. The summed E-state index contributed by atoms with van der Waals surface area (Å²) in [5, 5.41) is 9.28. The first-order valence-corrected chi connectivity index (χ1v) is 18.3. The largest absolute Gasteiger partial charge is 0.455 e. The molecule has 3 amide bonds. The standard InChI is InChI=1S/C41H53N3O7/c1-5-7-22-33(46)42(4)29(3)36(31-20-14-11-15-21-31)50-40(49)34-32-23-24-41(51-32)35(34)38(47)44(26-16-8-9-17-27-45)37(41)39(48)43(25-6-2)28-30-18-12-10-13-19-30/h5-6,10-15,18-21,29,32,34-37,45H,1-2,7-9,16-17,22-28H2,3-4H3/t29-,32-,34+,35+,36+,37-,41+/m0/s1. The molecule has 0 unspecified atom stereocenters. The number of aliphatic hydroxyl groups excluding tert-OH is 1. The summed E-state index contributed by atoms with van der Waals surface area (Å²) in [5.41, 5.74) is 0.514. The van der Waals surface area contributed by atoms with Gasteiger partial charge in [-0.2, -0.15) is 0 Å². The highest BCUT2D eigenvalue weighted by molar-refractivity contribution is 5.98. The van der Waals surface area contributed by atoms with E-state index < -0.39 is 47.7 Å². The van der Waals surface area contributed by atoms with E-state index in [4.69, 9.17) is 9.47 Å². The van der Waals surface area contributed by atoms with E-state index in [0.717, 1.165) is 24.0 Å². The number of aliphatic hydroxyl groups is 1. The molecule has 10 heteroatoms. The Balaban J connectivity index is 1.45. The van der Waals surface area contributed by atoms with Crippen molar-refractivity contribution >= 4 is 23.7 Å². The number of unbranched alkanes of at least 4 members (excludes halogenated alkanes) is 3. The molecule has 0 saturated carbocycles. The van der Waals surface area contributed by atoms with Crippen molar-refractivity contribution in [2.45, 2.75) is 94.7 Å². The Kier molecular flexibility index (Phi) is 12.9. The SMILES string of the molecule is C=CCCC(=O)N(C)[C@@H](C)[C@@H](OC(=O)[C@@H]1[C@@H]2CC[C@]3(O2)[C@H](C(=O)N(CC=C)Cc2ccccc2)N(CCCCCCO)C(=O)[C@@H]13)c1ccccc1. The summed E-state index contributed by atoms with van der Waals surface area (Å²) in [5.74, 6) is -2.92. The smallest absolute Gasteiger partial charge is 0.313 e. The number of amides is 3. The van der Waals surface area contributed by atoms with E-state index in [9.17, 15) is 24.3 Å². The molecule has 10 nitrogen and oxygen atoms in total. The van der Waals surface area contributed by atoms with Gasteiger partial charge in [-0.1, -0.05) is 85.7 Å². The number of hydrogen-bond acceptors (Lipinski definition) is 7. The van der Waals surface area contributed by atoms with Crippen LogP contribution in [0.5, 0.6) is 0 Å². The van der Waals surface area contributed by atoms with Crippen LogP contribution in [0.4, 0.5) is 0 Å². The zero-order valence-corrected chi connectivity index (χ0v) is 30.0. The molecular weight excluding hydrogens is 646 g/mol. The zero-order valence-electron chi connectivity index (χ0n) is 30.0. The molecule has 3 aliphatic heterocycles. The van der Waals surface area contributed by atoms with Gasteiger partial charge in [0.2, 0.25) is 17.7 Å². The number of hydrogen-bond donors (Lipinski definition) is 1. The number of ether oxygens (including phenoxy) is 2. The van der Waals surface area contributed by atoms with Gasteiger partial charge < -0.3 is 29.3 Å². The molecule has 5 rings (SSSR count). The molecule has 0 aliphatic carbocycles. The number of esters is 1. The van der Waals surface area contributed by atoms with Gasteiger partial charge in [0.05, 0.1) is 24.0 Å². The molecule has 51 heavy (non-hydrogen) atoms. The van der Waals surface area contributed by atoms with Gasteiger partial charge in [0.25, 0.3) is 0 Å². The van der Waals surface area contributed by atoms with Crippen LogP contribution in [0.25, 0.3) is 0 Å². The van der Waals surface area contributed by atoms with Crippen molar-refractivity contribution < 1.29 is 33.8 Å². The van der Waals surface area contributed by atoms with Crippen LogP contribution in [0.1, 0.15) is 75.5 Å². The molecule has 274 valence electrons. The Labute approximate surface area is 302 Å². The number of carbonyl (C=O) groups is 4. The number of carbonyl (C=O) groups excluding carboxylic acids is 4. The monoisotopic (exact) mass is 699 g/mol. The van der Waals surface area contributed by atoms with Gasteiger partial charge in [-0.15, -0.1) is 13.2 Å². The topological polar surface area (TPSA) is 117 Å². The van der Waals surface area contributed by atoms with Crippen molar-refractivity contribution in [1.29, 1.82) is 0 Å². The third-order valence-corrected chi connectivity index (χ3v) is 10.9. The highest BCUT2D eigenvalue weighted by Crippen LogP contribution is 2.59. The van der Waals surface area contributed by atoms with E-state index in [0.29, 0.717) is 45.2 Å².